The van der Waals surface area contributed by atoms with E-state index >= 15 is 0 Å². The lowest BCUT2D eigenvalue weighted by Gasteiger charge is -2.11. The number of benzene rings is 2. The number of anilines is 2. The predicted octanol–water partition coefficient (Wildman–Crippen LogP) is 4.77. The lowest BCUT2D eigenvalue weighted by Crippen LogP contribution is -1.94. The van der Waals surface area contributed by atoms with Crippen molar-refractivity contribution in [3.8, 4) is 16.9 Å². The molecule has 0 radical (unpaired) electrons. The summed E-state index contributed by atoms with van der Waals surface area (Å²) in [7, 11) is 1.71. The molecular formula is C21H20N4O. The maximum absolute atomic E-state index is 5.46. The average Bonchev–Trinajstić information content (AvgIpc) is 3.03. The molecule has 0 aliphatic rings. The van der Waals surface area contributed by atoms with Crippen molar-refractivity contribution in [1.29, 1.82) is 0 Å². The number of rotatable bonds is 4. The van der Waals surface area contributed by atoms with Gasteiger partial charge in [-0.1, -0.05) is 18.2 Å². The summed E-state index contributed by atoms with van der Waals surface area (Å²) in [6.07, 6.45) is 2.00. The molecule has 0 amide bonds. The lowest BCUT2D eigenvalue weighted by atomic mass is 10.0. The first kappa shape index (κ1) is 16.1. The van der Waals surface area contributed by atoms with E-state index in [1.165, 1.54) is 0 Å². The normalized spacial score (nSPS) is 10.9. The van der Waals surface area contributed by atoms with Gasteiger partial charge in [-0.25, -0.2) is 4.52 Å². The molecule has 2 heterocycles. The molecule has 0 spiro atoms. The van der Waals surface area contributed by atoms with Gasteiger partial charge in [-0.3, -0.25) is 0 Å². The molecule has 2 aromatic heterocycles. The Labute approximate surface area is 152 Å². The van der Waals surface area contributed by atoms with Gasteiger partial charge in [0.1, 0.15) is 5.75 Å². The number of methoxy groups -OCH3 is 1. The van der Waals surface area contributed by atoms with Gasteiger partial charge >= 0.3 is 0 Å². The molecule has 4 aromatic rings. The van der Waals surface area contributed by atoms with Gasteiger partial charge in [-0.2, -0.15) is 4.98 Å². The summed E-state index contributed by atoms with van der Waals surface area (Å²) in [6, 6.07) is 18.2. The van der Waals surface area contributed by atoms with Crippen LogP contribution in [0.5, 0.6) is 5.75 Å². The largest absolute Gasteiger partial charge is 0.496 e. The van der Waals surface area contributed by atoms with E-state index in [2.05, 4.69) is 47.4 Å². The quantitative estimate of drug-likeness (QED) is 0.580. The highest BCUT2D eigenvalue weighted by Crippen LogP contribution is 2.30. The molecule has 5 heteroatoms. The van der Waals surface area contributed by atoms with Gasteiger partial charge in [0.2, 0.25) is 5.95 Å². The van der Waals surface area contributed by atoms with Crippen LogP contribution in [0.1, 0.15) is 11.1 Å². The maximum Gasteiger partial charge on any atom is 0.247 e. The van der Waals surface area contributed by atoms with Crippen LogP contribution < -0.4 is 10.1 Å². The average molecular weight is 344 g/mol. The number of aromatic nitrogens is 3. The number of nitrogens with one attached hydrogen (secondary N) is 1. The van der Waals surface area contributed by atoms with Crippen LogP contribution >= 0.6 is 0 Å². The van der Waals surface area contributed by atoms with Crippen molar-refractivity contribution in [1.82, 2.24) is 14.6 Å². The first-order chi connectivity index (χ1) is 12.6. The van der Waals surface area contributed by atoms with Gasteiger partial charge in [-0.15, -0.1) is 5.10 Å². The monoisotopic (exact) mass is 344 g/mol. The van der Waals surface area contributed by atoms with Crippen molar-refractivity contribution in [2.24, 2.45) is 0 Å². The molecule has 0 fully saturated rings. The van der Waals surface area contributed by atoms with Gasteiger partial charge in [0.05, 0.1) is 7.11 Å². The zero-order valence-corrected chi connectivity index (χ0v) is 15.0. The van der Waals surface area contributed by atoms with Gasteiger partial charge in [0.15, 0.2) is 5.65 Å². The van der Waals surface area contributed by atoms with Crippen molar-refractivity contribution >= 4 is 17.3 Å². The number of aryl methyl sites for hydroxylation is 2. The van der Waals surface area contributed by atoms with E-state index < -0.39 is 0 Å². The molecule has 0 saturated carbocycles. The van der Waals surface area contributed by atoms with E-state index in [0.29, 0.717) is 5.95 Å². The highest BCUT2D eigenvalue weighted by Gasteiger charge is 2.09. The summed E-state index contributed by atoms with van der Waals surface area (Å²) in [4.78, 5) is 4.53. The second-order valence-electron chi connectivity index (χ2n) is 6.29. The minimum Gasteiger partial charge on any atom is -0.496 e. The van der Waals surface area contributed by atoms with Gasteiger partial charge in [-0.05, 0) is 66.9 Å². The molecule has 130 valence electrons. The lowest BCUT2D eigenvalue weighted by molar-refractivity contribution is 0.408. The Balaban J connectivity index is 1.70. The van der Waals surface area contributed by atoms with E-state index in [4.69, 9.17) is 4.74 Å². The Kier molecular flexibility index (Phi) is 4.05. The summed E-state index contributed by atoms with van der Waals surface area (Å²) in [6.45, 7) is 4.12. The number of pyridine rings is 1. The summed E-state index contributed by atoms with van der Waals surface area (Å²) in [5, 5.41) is 7.77. The number of para-hydroxylation sites is 1. The minimum absolute atomic E-state index is 0.579. The fourth-order valence-electron chi connectivity index (χ4n) is 3.20. The fraction of sp³-hybridized carbons (Fsp3) is 0.143. The molecule has 0 saturated heterocycles. The Morgan fingerprint density at radius 1 is 0.923 bits per heavy atom. The topological polar surface area (TPSA) is 51.5 Å². The second-order valence-corrected chi connectivity index (χ2v) is 6.29. The zero-order chi connectivity index (χ0) is 18.1. The molecule has 0 aliphatic heterocycles. The standard InChI is InChI=1S/C21H20N4O/c1-14-11-17(12-15(2)20(14)26-3)16-9-10-19-23-21(24-25(19)13-16)22-18-7-5-4-6-8-18/h4-13H,1-3H3,(H,22,24). The molecule has 1 N–H and O–H groups in total. The summed E-state index contributed by atoms with van der Waals surface area (Å²) in [5.74, 6) is 1.51. The molecular weight excluding hydrogens is 324 g/mol. The Hall–Kier alpha value is -3.34. The second kappa shape index (κ2) is 6.52. The van der Waals surface area contributed by atoms with Crippen LogP contribution in [0.3, 0.4) is 0 Å². The summed E-state index contributed by atoms with van der Waals surface area (Å²) in [5.41, 5.74) is 6.22. The third kappa shape index (κ3) is 2.99. The Bertz CT molecular complexity index is 1050. The molecule has 2 aromatic carbocycles. The van der Waals surface area contributed by atoms with Crippen LogP contribution in [0, 0.1) is 13.8 Å². The molecule has 4 rings (SSSR count). The Morgan fingerprint density at radius 2 is 1.65 bits per heavy atom. The predicted molar refractivity (Wildman–Crippen MR) is 104 cm³/mol. The SMILES string of the molecule is COc1c(C)cc(-c2ccc3nc(Nc4ccccc4)nn3c2)cc1C. The first-order valence-corrected chi connectivity index (χ1v) is 8.48. The van der Waals surface area contributed by atoms with Crippen molar-refractivity contribution in [3.05, 3.63) is 71.9 Å². The van der Waals surface area contributed by atoms with Crippen LogP contribution in [-0.2, 0) is 0 Å². The number of nitrogens with zero attached hydrogens (tertiary/aromatic N) is 3. The van der Waals surface area contributed by atoms with Crippen molar-refractivity contribution < 1.29 is 4.74 Å². The molecule has 0 bridgehead atoms. The molecule has 0 atom stereocenters. The van der Waals surface area contributed by atoms with E-state index in [9.17, 15) is 0 Å². The van der Waals surface area contributed by atoms with Gasteiger partial charge in [0, 0.05) is 17.4 Å². The van der Waals surface area contributed by atoms with Crippen LogP contribution in [0.2, 0.25) is 0 Å². The number of fused-ring (bicyclic) bond motifs is 1. The van der Waals surface area contributed by atoms with Crippen LogP contribution in [0.15, 0.2) is 60.8 Å². The smallest absolute Gasteiger partial charge is 0.247 e. The van der Waals surface area contributed by atoms with E-state index in [1.807, 2.05) is 42.6 Å². The molecule has 5 nitrogen and oxygen atoms in total. The van der Waals surface area contributed by atoms with E-state index in [0.717, 1.165) is 39.3 Å². The minimum atomic E-state index is 0.579. The number of hydrogen-bond acceptors (Lipinski definition) is 4. The van der Waals surface area contributed by atoms with Crippen LogP contribution in [0.25, 0.3) is 16.8 Å². The summed E-state index contributed by atoms with van der Waals surface area (Å²) >= 11 is 0. The molecule has 26 heavy (non-hydrogen) atoms. The van der Waals surface area contributed by atoms with E-state index in [1.54, 1.807) is 11.6 Å². The Morgan fingerprint density at radius 3 is 2.35 bits per heavy atom. The summed E-state index contributed by atoms with van der Waals surface area (Å²) < 4.78 is 7.26. The van der Waals surface area contributed by atoms with E-state index in [-0.39, 0.29) is 0 Å². The maximum atomic E-state index is 5.46. The third-order valence-corrected chi connectivity index (χ3v) is 4.36. The van der Waals surface area contributed by atoms with Crippen LogP contribution in [-0.4, -0.2) is 21.7 Å². The molecule has 0 unspecified atom stereocenters. The fourth-order valence-corrected chi connectivity index (χ4v) is 3.20. The van der Waals surface area contributed by atoms with Gasteiger partial charge in [0.25, 0.3) is 0 Å². The zero-order valence-electron chi connectivity index (χ0n) is 15.0. The van der Waals surface area contributed by atoms with Crippen molar-refractivity contribution in [3.63, 3.8) is 0 Å². The highest BCUT2D eigenvalue weighted by atomic mass is 16.5. The number of ether oxygens (including phenoxy) is 1. The van der Waals surface area contributed by atoms with Crippen LogP contribution in [0.4, 0.5) is 11.6 Å². The first-order valence-electron chi connectivity index (χ1n) is 8.48. The number of hydrogen-bond donors (Lipinski definition) is 1. The van der Waals surface area contributed by atoms with Crippen molar-refractivity contribution in [2.45, 2.75) is 13.8 Å². The highest BCUT2D eigenvalue weighted by molar-refractivity contribution is 5.68. The van der Waals surface area contributed by atoms with Crippen molar-refractivity contribution in [2.75, 3.05) is 12.4 Å². The molecule has 0 aliphatic carbocycles. The van der Waals surface area contributed by atoms with Gasteiger partial charge < -0.3 is 10.1 Å². The third-order valence-electron chi connectivity index (χ3n) is 4.36.